The SMILES string of the molecule is CCOC(C1CCCCC1)C(O)c1nccn1CC. The molecule has 1 N–H and O–H groups in total. The predicted molar refractivity (Wildman–Crippen MR) is 74.8 cm³/mol. The van der Waals surface area contributed by atoms with Crippen molar-refractivity contribution in [3.63, 3.8) is 0 Å². The van der Waals surface area contributed by atoms with Crippen LogP contribution in [0.2, 0.25) is 0 Å². The fourth-order valence-corrected chi connectivity index (χ4v) is 3.14. The van der Waals surface area contributed by atoms with Crippen molar-refractivity contribution in [3.8, 4) is 0 Å². The van der Waals surface area contributed by atoms with E-state index in [-0.39, 0.29) is 6.10 Å². The Morgan fingerprint density at radius 2 is 2.11 bits per heavy atom. The first kappa shape index (κ1) is 14.5. The summed E-state index contributed by atoms with van der Waals surface area (Å²) in [5.41, 5.74) is 0. The molecule has 0 spiro atoms. The van der Waals surface area contributed by atoms with E-state index in [1.54, 1.807) is 6.20 Å². The molecule has 1 saturated carbocycles. The zero-order valence-corrected chi connectivity index (χ0v) is 12.1. The minimum atomic E-state index is -0.613. The molecule has 4 nitrogen and oxygen atoms in total. The average Bonchev–Trinajstić information content (AvgIpc) is 2.93. The van der Waals surface area contributed by atoms with Crippen LogP contribution in [-0.2, 0) is 11.3 Å². The van der Waals surface area contributed by atoms with Gasteiger partial charge in [0.15, 0.2) is 0 Å². The van der Waals surface area contributed by atoms with Gasteiger partial charge in [-0.1, -0.05) is 19.3 Å². The minimum absolute atomic E-state index is 0.113. The van der Waals surface area contributed by atoms with E-state index in [2.05, 4.69) is 11.9 Å². The van der Waals surface area contributed by atoms with Gasteiger partial charge in [-0.25, -0.2) is 4.98 Å². The summed E-state index contributed by atoms with van der Waals surface area (Å²) in [6.45, 7) is 5.53. The monoisotopic (exact) mass is 266 g/mol. The van der Waals surface area contributed by atoms with Gasteiger partial charge in [0.1, 0.15) is 11.9 Å². The second-order valence-corrected chi connectivity index (χ2v) is 5.33. The molecule has 1 aromatic heterocycles. The summed E-state index contributed by atoms with van der Waals surface area (Å²) in [5.74, 6) is 1.21. The molecule has 108 valence electrons. The van der Waals surface area contributed by atoms with E-state index in [0.29, 0.717) is 12.5 Å². The standard InChI is InChI=1S/C15H26N2O2/c1-3-17-11-10-16-15(17)13(18)14(19-4-2)12-8-6-5-7-9-12/h10-14,18H,3-9H2,1-2H3. The maximum absolute atomic E-state index is 10.7. The third-order valence-corrected chi connectivity index (χ3v) is 4.14. The lowest BCUT2D eigenvalue weighted by Crippen LogP contribution is -2.33. The highest BCUT2D eigenvalue weighted by Gasteiger charge is 2.33. The molecule has 0 radical (unpaired) electrons. The van der Waals surface area contributed by atoms with Crippen molar-refractivity contribution in [2.75, 3.05) is 6.61 Å². The summed E-state index contributed by atoms with van der Waals surface area (Å²) in [5, 5.41) is 10.7. The van der Waals surface area contributed by atoms with Gasteiger partial charge in [-0.05, 0) is 32.6 Å². The summed E-state index contributed by atoms with van der Waals surface area (Å²) in [6, 6.07) is 0. The molecule has 2 unspecified atom stereocenters. The first-order valence-electron chi connectivity index (χ1n) is 7.58. The quantitative estimate of drug-likeness (QED) is 0.861. The Balaban J connectivity index is 2.13. The normalized spacial score (nSPS) is 20.4. The zero-order valence-electron chi connectivity index (χ0n) is 12.1. The summed E-state index contributed by atoms with van der Waals surface area (Å²) < 4.78 is 7.86. The molecule has 1 fully saturated rings. The van der Waals surface area contributed by atoms with Crippen LogP contribution in [-0.4, -0.2) is 27.4 Å². The van der Waals surface area contributed by atoms with E-state index in [1.807, 2.05) is 17.7 Å². The molecule has 0 saturated heterocycles. The van der Waals surface area contributed by atoms with Gasteiger partial charge in [0.05, 0.1) is 6.10 Å². The Morgan fingerprint density at radius 3 is 2.74 bits per heavy atom. The Hall–Kier alpha value is -0.870. The molecular formula is C15H26N2O2. The van der Waals surface area contributed by atoms with Gasteiger partial charge in [-0.2, -0.15) is 0 Å². The second kappa shape index (κ2) is 7.06. The maximum Gasteiger partial charge on any atom is 0.140 e. The van der Waals surface area contributed by atoms with E-state index in [1.165, 1.54) is 19.3 Å². The fraction of sp³-hybridized carbons (Fsp3) is 0.800. The van der Waals surface area contributed by atoms with Crippen molar-refractivity contribution in [2.45, 2.75) is 64.7 Å². The maximum atomic E-state index is 10.7. The lowest BCUT2D eigenvalue weighted by molar-refractivity contribution is -0.0780. The summed E-state index contributed by atoms with van der Waals surface area (Å²) in [7, 11) is 0. The average molecular weight is 266 g/mol. The van der Waals surface area contributed by atoms with Gasteiger partial charge in [-0.3, -0.25) is 0 Å². The van der Waals surface area contributed by atoms with Crippen molar-refractivity contribution in [1.82, 2.24) is 9.55 Å². The highest BCUT2D eigenvalue weighted by atomic mass is 16.5. The molecule has 2 atom stereocenters. The molecule has 1 heterocycles. The molecular weight excluding hydrogens is 240 g/mol. The number of ether oxygens (including phenoxy) is 1. The van der Waals surface area contributed by atoms with Gasteiger partial charge >= 0.3 is 0 Å². The fourth-order valence-electron chi connectivity index (χ4n) is 3.14. The van der Waals surface area contributed by atoms with E-state index in [9.17, 15) is 5.11 Å². The molecule has 0 bridgehead atoms. The second-order valence-electron chi connectivity index (χ2n) is 5.33. The Kier molecular flexibility index (Phi) is 5.40. The van der Waals surface area contributed by atoms with Crippen LogP contribution in [0, 0.1) is 5.92 Å². The van der Waals surface area contributed by atoms with Gasteiger partial charge in [0, 0.05) is 25.5 Å². The van der Waals surface area contributed by atoms with Gasteiger partial charge in [-0.15, -0.1) is 0 Å². The number of rotatable bonds is 6. The number of hydrogen-bond acceptors (Lipinski definition) is 3. The van der Waals surface area contributed by atoms with E-state index >= 15 is 0 Å². The highest BCUT2D eigenvalue weighted by molar-refractivity contribution is 5.00. The van der Waals surface area contributed by atoms with Crippen molar-refractivity contribution in [3.05, 3.63) is 18.2 Å². The van der Waals surface area contributed by atoms with E-state index < -0.39 is 6.10 Å². The summed E-state index contributed by atoms with van der Waals surface area (Å²) >= 11 is 0. The number of aromatic nitrogens is 2. The summed E-state index contributed by atoms with van der Waals surface area (Å²) in [6.07, 6.45) is 9.09. The van der Waals surface area contributed by atoms with E-state index in [0.717, 1.165) is 25.2 Å². The van der Waals surface area contributed by atoms with Crippen molar-refractivity contribution in [1.29, 1.82) is 0 Å². The molecule has 1 aliphatic rings. The van der Waals surface area contributed by atoms with Crippen LogP contribution in [0.1, 0.15) is 57.9 Å². The largest absolute Gasteiger partial charge is 0.382 e. The lowest BCUT2D eigenvalue weighted by Gasteiger charge is -2.33. The van der Waals surface area contributed by atoms with Crippen LogP contribution >= 0.6 is 0 Å². The topological polar surface area (TPSA) is 47.3 Å². The number of nitrogens with zero attached hydrogens (tertiary/aromatic N) is 2. The van der Waals surface area contributed by atoms with Crippen molar-refractivity contribution < 1.29 is 9.84 Å². The van der Waals surface area contributed by atoms with Crippen LogP contribution in [0.4, 0.5) is 0 Å². The third-order valence-electron chi connectivity index (χ3n) is 4.14. The Labute approximate surface area is 115 Å². The van der Waals surface area contributed by atoms with E-state index in [4.69, 9.17) is 4.74 Å². The van der Waals surface area contributed by atoms with Crippen molar-refractivity contribution in [2.24, 2.45) is 5.92 Å². The van der Waals surface area contributed by atoms with Gasteiger partial charge in [0.2, 0.25) is 0 Å². The molecule has 4 heteroatoms. The Morgan fingerprint density at radius 1 is 1.37 bits per heavy atom. The molecule has 2 rings (SSSR count). The number of aryl methyl sites for hydroxylation is 1. The molecule has 19 heavy (non-hydrogen) atoms. The number of imidazole rings is 1. The number of aliphatic hydroxyl groups is 1. The molecule has 1 aliphatic carbocycles. The summed E-state index contributed by atoms with van der Waals surface area (Å²) in [4.78, 5) is 4.32. The molecule has 1 aromatic rings. The Bertz CT molecular complexity index is 372. The minimum Gasteiger partial charge on any atom is -0.382 e. The first-order valence-corrected chi connectivity index (χ1v) is 7.58. The van der Waals surface area contributed by atoms with Gasteiger partial charge < -0.3 is 14.4 Å². The smallest absolute Gasteiger partial charge is 0.140 e. The predicted octanol–water partition coefficient (Wildman–Crippen LogP) is 2.92. The molecule has 0 aromatic carbocycles. The zero-order chi connectivity index (χ0) is 13.7. The number of aliphatic hydroxyl groups excluding tert-OH is 1. The third kappa shape index (κ3) is 3.37. The lowest BCUT2D eigenvalue weighted by atomic mass is 9.83. The van der Waals surface area contributed by atoms with Crippen LogP contribution < -0.4 is 0 Å². The highest BCUT2D eigenvalue weighted by Crippen LogP contribution is 2.33. The van der Waals surface area contributed by atoms with Crippen LogP contribution in [0.3, 0.4) is 0 Å². The van der Waals surface area contributed by atoms with Crippen LogP contribution in [0.5, 0.6) is 0 Å². The number of hydrogen-bond donors (Lipinski definition) is 1. The first-order chi connectivity index (χ1) is 9.27. The van der Waals surface area contributed by atoms with Crippen molar-refractivity contribution >= 4 is 0 Å². The van der Waals surface area contributed by atoms with Gasteiger partial charge in [0.25, 0.3) is 0 Å². The van der Waals surface area contributed by atoms with Crippen LogP contribution in [0.25, 0.3) is 0 Å². The molecule has 0 amide bonds. The molecule has 0 aliphatic heterocycles. The van der Waals surface area contributed by atoms with Crippen LogP contribution in [0.15, 0.2) is 12.4 Å².